The number of rotatable bonds is 6. The van der Waals surface area contributed by atoms with Crippen LogP contribution in [0.3, 0.4) is 0 Å². The summed E-state index contributed by atoms with van der Waals surface area (Å²) in [6.07, 6.45) is 3.02. The number of amides is 1. The van der Waals surface area contributed by atoms with Crippen molar-refractivity contribution in [3.63, 3.8) is 0 Å². The Morgan fingerprint density at radius 1 is 1.48 bits per heavy atom. The fraction of sp³-hybridized carbons (Fsp3) is 0.267. The molecule has 0 unspecified atom stereocenters. The van der Waals surface area contributed by atoms with Gasteiger partial charge in [0.2, 0.25) is 0 Å². The van der Waals surface area contributed by atoms with E-state index in [1.807, 2.05) is 6.07 Å². The zero-order chi connectivity index (χ0) is 15.7. The van der Waals surface area contributed by atoms with E-state index in [4.69, 9.17) is 21.6 Å². The molecular weight excluding hydrogens is 292 g/mol. The average molecular weight is 307 g/mol. The molecule has 0 aliphatic carbocycles. The molecule has 1 aromatic carbocycles. The maximum Gasteiger partial charge on any atom is 0.331 e. The van der Waals surface area contributed by atoms with E-state index in [0.717, 1.165) is 5.56 Å². The van der Waals surface area contributed by atoms with Crippen LogP contribution in [0.2, 0.25) is 5.02 Å². The van der Waals surface area contributed by atoms with Crippen LogP contribution in [0.25, 0.3) is 6.08 Å². The van der Waals surface area contributed by atoms with E-state index in [-0.39, 0.29) is 18.9 Å². The highest BCUT2D eigenvalue weighted by Gasteiger charge is 2.10. The number of hydrogen-bond donors (Lipinski definition) is 0. The molecule has 0 atom stereocenters. The smallest absolute Gasteiger partial charge is 0.331 e. The first-order chi connectivity index (χ1) is 10.0. The van der Waals surface area contributed by atoms with Gasteiger partial charge in [-0.1, -0.05) is 23.7 Å². The van der Waals surface area contributed by atoms with E-state index in [9.17, 15) is 9.59 Å². The second-order valence-electron chi connectivity index (χ2n) is 4.22. The van der Waals surface area contributed by atoms with Crippen molar-refractivity contribution in [2.24, 2.45) is 0 Å². The molecule has 1 amide bonds. The molecule has 0 heterocycles. The Labute approximate surface area is 128 Å². The monoisotopic (exact) mass is 306 g/mol. The normalized spacial score (nSPS) is 10.1. The number of hydrogen-bond acceptors (Lipinski definition) is 4. The third-order valence-corrected chi connectivity index (χ3v) is 2.82. The summed E-state index contributed by atoms with van der Waals surface area (Å²) in [6.45, 7) is -0.0358. The first kappa shape index (κ1) is 16.7. The van der Waals surface area contributed by atoms with Gasteiger partial charge in [0.15, 0.2) is 6.61 Å². The Kier molecular flexibility index (Phi) is 6.99. The zero-order valence-electron chi connectivity index (χ0n) is 11.6. The van der Waals surface area contributed by atoms with Gasteiger partial charge in [-0.3, -0.25) is 4.79 Å². The molecule has 0 saturated carbocycles. The highest BCUT2D eigenvalue weighted by atomic mass is 35.5. The van der Waals surface area contributed by atoms with Crippen LogP contribution in [-0.4, -0.2) is 37.0 Å². The largest absolute Gasteiger partial charge is 0.452 e. The molecule has 0 spiro atoms. The predicted molar refractivity (Wildman–Crippen MR) is 79.3 cm³/mol. The Bertz CT molecular complexity index is 579. The fourth-order valence-electron chi connectivity index (χ4n) is 1.41. The average Bonchev–Trinajstić information content (AvgIpc) is 2.48. The van der Waals surface area contributed by atoms with Crippen LogP contribution < -0.4 is 0 Å². The van der Waals surface area contributed by atoms with Gasteiger partial charge in [-0.25, -0.2) is 4.79 Å². The van der Waals surface area contributed by atoms with Gasteiger partial charge in [0.05, 0.1) is 12.5 Å². The lowest BCUT2D eigenvalue weighted by Gasteiger charge is -2.14. The van der Waals surface area contributed by atoms with Gasteiger partial charge in [0, 0.05) is 24.7 Å². The third-order valence-electron chi connectivity index (χ3n) is 2.58. The van der Waals surface area contributed by atoms with Crippen molar-refractivity contribution >= 4 is 29.6 Å². The molecule has 0 fully saturated rings. The molecule has 6 heteroatoms. The minimum atomic E-state index is -0.614. The van der Waals surface area contributed by atoms with Gasteiger partial charge in [0.25, 0.3) is 5.91 Å². The van der Waals surface area contributed by atoms with Crippen molar-refractivity contribution in [2.45, 2.75) is 6.42 Å². The summed E-state index contributed by atoms with van der Waals surface area (Å²) in [4.78, 5) is 24.4. The van der Waals surface area contributed by atoms with Gasteiger partial charge in [0.1, 0.15) is 0 Å². The lowest BCUT2D eigenvalue weighted by molar-refractivity contribution is -0.147. The molecule has 0 aliphatic rings. The topological polar surface area (TPSA) is 70.4 Å². The molecule has 0 saturated heterocycles. The van der Waals surface area contributed by atoms with Crippen molar-refractivity contribution in [3.05, 3.63) is 40.9 Å². The maximum atomic E-state index is 11.6. The summed E-state index contributed by atoms with van der Waals surface area (Å²) in [5, 5.41) is 8.99. The number of nitriles is 1. The number of carbonyl (C=O) groups is 2. The lowest BCUT2D eigenvalue weighted by Crippen LogP contribution is -2.31. The van der Waals surface area contributed by atoms with Crippen molar-refractivity contribution < 1.29 is 14.3 Å². The van der Waals surface area contributed by atoms with E-state index in [2.05, 4.69) is 0 Å². The van der Waals surface area contributed by atoms with Gasteiger partial charge >= 0.3 is 5.97 Å². The van der Waals surface area contributed by atoms with Crippen molar-refractivity contribution in [1.82, 2.24) is 4.90 Å². The highest BCUT2D eigenvalue weighted by molar-refractivity contribution is 6.30. The zero-order valence-corrected chi connectivity index (χ0v) is 12.3. The second kappa shape index (κ2) is 8.77. The molecule has 1 rings (SSSR count). The number of ether oxygens (including phenoxy) is 1. The number of esters is 1. The summed E-state index contributed by atoms with van der Waals surface area (Å²) >= 11 is 5.82. The molecular formula is C15H15ClN2O3. The van der Waals surface area contributed by atoms with Gasteiger partial charge in [-0.15, -0.1) is 0 Å². The van der Waals surface area contributed by atoms with E-state index in [0.29, 0.717) is 11.6 Å². The Morgan fingerprint density at radius 2 is 2.24 bits per heavy atom. The molecule has 110 valence electrons. The van der Waals surface area contributed by atoms with Gasteiger partial charge in [-0.05, 0) is 23.8 Å². The highest BCUT2D eigenvalue weighted by Crippen LogP contribution is 2.11. The molecule has 0 bridgehead atoms. The van der Waals surface area contributed by atoms with Crippen LogP contribution >= 0.6 is 11.6 Å². The van der Waals surface area contributed by atoms with Crippen molar-refractivity contribution in [2.75, 3.05) is 20.2 Å². The number of carbonyl (C=O) groups excluding carboxylic acids is 2. The van der Waals surface area contributed by atoms with Gasteiger partial charge < -0.3 is 9.64 Å². The van der Waals surface area contributed by atoms with E-state index in [1.165, 1.54) is 11.0 Å². The Balaban J connectivity index is 2.40. The summed E-state index contributed by atoms with van der Waals surface area (Å²) in [7, 11) is 1.55. The first-order valence-electron chi connectivity index (χ1n) is 6.24. The first-order valence-corrected chi connectivity index (χ1v) is 6.62. The van der Waals surface area contributed by atoms with Crippen LogP contribution in [0.1, 0.15) is 12.0 Å². The standard InChI is InChI=1S/C15H15ClN2O3/c1-18(9-3-8-17)14(19)11-21-15(20)7-6-12-4-2-5-13(16)10-12/h2,4-7,10H,3,9,11H2,1H3/b7-6+. The summed E-state index contributed by atoms with van der Waals surface area (Å²) in [5.74, 6) is -0.966. The minimum Gasteiger partial charge on any atom is -0.452 e. The van der Waals surface area contributed by atoms with E-state index >= 15 is 0 Å². The van der Waals surface area contributed by atoms with E-state index in [1.54, 1.807) is 37.4 Å². The predicted octanol–water partition coefficient (Wildman–Crippen LogP) is 2.27. The van der Waals surface area contributed by atoms with Crippen molar-refractivity contribution in [3.8, 4) is 6.07 Å². The molecule has 0 radical (unpaired) electrons. The number of likely N-dealkylation sites (N-methyl/N-ethyl adjacent to an activating group) is 1. The number of halogens is 1. The van der Waals surface area contributed by atoms with Gasteiger partial charge in [-0.2, -0.15) is 5.26 Å². The third kappa shape index (κ3) is 6.59. The maximum absolute atomic E-state index is 11.6. The summed E-state index contributed by atoms with van der Waals surface area (Å²) < 4.78 is 4.82. The number of benzene rings is 1. The quantitative estimate of drug-likeness (QED) is 0.597. The fourth-order valence-corrected chi connectivity index (χ4v) is 1.61. The molecule has 21 heavy (non-hydrogen) atoms. The summed E-state index contributed by atoms with van der Waals surface area (Å²) in [5.41, 5.74) is 0.761. The van der Waals surface area contributed by atoms with Crippen LogP contribution in [0.4, 0.5) is 0 Å². The Morgan fingerprint density at radius 3 is 2.90 bits per heavy atom. The van der Waals surface area contributed by atoms with Crippen LogP contribution in [0.15, 0.2) is 30.3 Å². The van der Waals surface area contributed by atoms with Crippen LogP contribution in [0.5, 0.6) is 0 Å². The molecule has 0 aromatic heterocycles. The van der Waals surface area contributed by atoms with Crippen molar-refractivity contribution in [1.29, 1.82) is 5.26 Å². The number of nitrogens with zero attached hydrogens (tertiary/aromatic N) is 2. The molecule has 5 nitrogen and oxygen atoms in total. The van der Waals surface area contributed by atoms with Crippen LogP contribution in [0, 0.1) is 11.3 Å². The SMILES string of the molecule is CN(CCC#N)C(=O)COC(=O)/C=C/c1cccc(Cl)c1. The summed E-state index contributed by atoms with van der Waals surface area (Å²) in [6, 6.07) is 8.92. The molecule has 0 aliphatic heterocycles. The lowest BCUT2D eigenvalue weighted by atomic mass is 10.2. The molecule has 1 aromatic rings. The Hall–Kier alpha value is -2.32. The molecule has 0 N–H and O–H groups in total. The minimum absolute atomic E-state index is 0.241. The second-order valence-corrected chi connectivity index (χ2v) is 4.66. The van der Waals surface area contributed by atoms with E-state index < -0.39 is 5.97 Å². The van der Waals surface area contributed by atoms with Crippen LogP contribution in [-0.2, 0) is 14.3 Å².